The highest BCUT2D eigenvalue weighted by Crippen LogP contribution is 2.15. The van der Waals surface area contributed by atoms with Crippen LogP contribution in [0.3, 0.4) is 0 Å². The molecule has 0 spiro atoms. The Morgan fingerprint density at radius 2 is 1.97 bits per heavy atom. The van der Waals surface area contributed by atoms with Crippen molar-refractivity contribution >= 4 is 35.0 Å². The number of halogens is 4. The van der Waals surface area contributed by atoms with E-state index >= 15 is 0 Å². The van der Waals surface area contributed by atoms with Crippen molar-refractivity contribution in [1.29, 1.82) is 5.26 Å². The summed E-state index contributed by atoms with van der Waals surface area (Å²) in [5.74, 6) is -0.775. The van der Waals surface area contributed by atoms with Gasteiger partial charge < -0.3 is 15.7 Å². The normalized spacial score (nSPS) is 10.7. The number of anilines is 2. The summed E-state index contributed by atoms with van der Waals surface area (Å²) in [6.07, 6.45) is -2.82. The lowest BCUT2D eigenvalue weighted by atomic mass is 10.3. The molecular weight excluding hydrogens is 441 g/mol. The number of nitriles is 1. The van der Waals surface area contributed by atoms with Gasteiger partial charge in [0.05, 0.1) is 5.56 Å². The molecule has 0 aliphatic carbocycles. The van der Waals surface area contributed by atoms with Crippen LogP contribution in [0.25, 0.3) is 5.65 Å². The van der Waals surface area contributed by atoms with Crippen molar-refractivity contribution in [2.24, 2.45) is 0 Å². The molecule has 31 heavy (non-hydrogen) atoms. The molecule has 10 nitrogen and oxygen atoms in total. The standard InChI is InChI=1S/C15H15ClN8.C2HF3O2/c1-2-12-22-14-7-11(16)21-15(24(14)23-12)19-6-5-18-13-4-3-10(8-17)9-20-13;3-2(4,5)1(6)7/h3-4,7,9H,2,5-6H2,1H3,(H,18,20)(H,19,21);(H,6,7). The SMILES string of the molecule is CCc1nc2cc(Cl)nc(NCCNc3ccc(C#N)cn3)n2n1.O=C(O)C(F)(F)F. The maximum atomic E-state index is 10.6. The van der Waals surface area contributed by atoms with Gasteiger partial charge in [-0.25, -0.2) is 19.7 Å². The van der Waals surface area contributed by atoms with Gasteiger partial charge in [-0.15, -0.1) is 5.10 Å². The summed E-state index contributed by atoms with van der Waals surface area (Å²) >= 11 is 6.03. The van der Waals surface area contributed by atoms with Crippen LogP contribution < -0.4 is 10.6 Å². The van der Waals surface area contributed by atoms with Crippen molar-refractivity contribution in [1.82, 2.24) is 24.6 Å². The van der Waals surface area contributed by atoms with E-state index in [1.807, 2.05) is 13.0 Å². The van der Waals surface area contributed by atoms with Gasteiger partial charge in [0.25, 0.3) is 0 Å². The Labute approximate surface area is 178 Å². The van der Waals surface area contributed by atoms with Crippen molar-refractivity contribution in [3.05, 3.63) is 40.9 Å². The molecule has 0 amide bonds. The highest BCUT2D eigenvalue weighted by atomic mass is 35.5. The van der Waals surface area contributed by atoms with E-state index < -0.39 is 12.1 Å². The molecule has 3 N–H and O–H groups in total. The Morgan fingerprint density at radius 3 is 2.52 bits per heavy atom. The minimum Gasteiger partial charge on any atom is -0.475 e. The fraction of sp³-hybridized carbons (Fsp3) is 0.294. The number of nitrogens with one attached hydrogen (secondary N) is 2. The van der Waals surface area contributed by atoms with E-state index in [9.17, 15) is 13.2 Å². The van der Waals surface area contributed by atoms with Crippen molar-refractivity contribution in [3.8, 4) is 6.07 Å². The molecule has 3 aromatic heterocycles. The zero-order valence-electron chi connectivity index (χ0n) is 16.0. The Bertz CT molecular complexity index is 1080. The van der Waals surface area contributed by atoms with E-state index in [1.54, 1.807) is 22.7 Å². The summed E-state index contributed by atoms with van der Waals surface area (Å²) in [6, 6.07) is 7.19. The lowest BCUT2D eigenvalue weighted by Gasteiger charge is -2.09. The smallest absolute Gasteiger partial charge is 0.475 e. The van der Waals surface area contributed by atoms with Crippen LogP contribution in [0.4, 0.5) is 24.9 Å². The number of aliphatic carboxylic acids is 1. The number of aryl methyl sites for hydroxylation is 1. The molecule has 0 bridgehead atoms. The highest BCUT2D eigenvalue weighted by Gasteiger charge is 2.38. The molecule has 0 atom stereocenters. The summed E-state index contributed by atoms with van der Waals surface area (Å²) < 4.78 is 33.4. The molecule has 3 aromatic rings. The highest BCUT2D eigenvalue weighted by molar-refractivity contribution is 6.29. The van der Waals surface area contributed by atoms with Gasteiger partial charge in [-0.3, -0.25) is 0 Å². The molecule has 3 rings (SSSR count). The van der Waals surface area contributed by atoms with Crippen LogP contribution in [0.5, 0.6) is 0 Å². The number of rotatable bonds is 6. The molecule has 0 radical (unpaired) electrons. The van der Waals surface area contributed by atoms with Crippen LogP contribution in [-0.4, -0.2) is 54.9 Å². The number of fused-ring (bicyclic) bond motifs is 1. The van der Waals surface area contributed by atoms with Crippen LogP contribution in [0.1, 0.15) is 18.3 Å². The molecule has 0 unspecified atom stereocenters. The zero-order valence-corrected chi connectivity index (χ0v) is 16.7. The molecule has 0 aromatic carbocycles. The van der Waals surface area contributed by atoms with Gasteiger partial charge in [-0.1, -0.05) is 18.5 Å². The minimum absolute atomic E-state index is 0.363. The van der Waals surface area contributed by atoms with Gasteiger partial charge >= 0.3 is 12.1 Å². The van der Waals surface area contributed by atoms with Gasteiger partial charge in [-0.2, -0.15) is 22.9 Å². The summed E-state index contributed by atoms with van der Waals surface area (Å²) in [6.45, 7) is 3.20. The lowest BCUT2D eigenvalue weighted by molar-refractivity contribution is -0.192. The van der Waals surface area contributed by atoms with Gasteiger partial charge in [0, 0.05) is 31.8 Å². The third-order valence-electron chi connectivity index (χ3n) is 3.50. The number of nitrogens with zero attached hydrogens (tertiary/aromatic N) is 6. The van der Waals surface area contributed by atoms with E-state index in [1.165, 1.54) is 6.20 Å². The van der Waals surface area contributed by atoms with Crippen LogP contribution in [0.15, 0.2) is 24.4 Å². The van der Waals surface area contributed by atoms with Gasteiger partial charge in [-0.05, 0) is 12.1 Å². The number of pyridine rings is 1. The second-order valence-corrected chi connectivity index (χ2v) is 6.14. The Hall–Kier alpha value is -3.66. The van der Waals surface area contributed by atoms with E-state index in [-0.39, 0.29) is 0 Å². The lowest BCUT2D eigenvalue weighted by Crippen LogP contribution is -2.21. The summed E-state index contributed by atoms with van der Waals surface area (Å²) in [4.78, 5) is 21.7. The molecule has 0 aliphatic rings. The van der Waals surface area contributed by atoms with Crippen LogP contribution in [-0.2, 0) is 11.2 Å². The third kappa shape index (κ3) is 6.96. The number of carboxylic acid groups (broad SMARTS) is 1. The quantitative estimate of drug-likeness (QED) is 0.377. The predicted octanol–water partition coefficient (Wildman–Crippen LogP) is 2.76. The molecule has 14 heteroatoms. The molecular formula is C17H16ClF3N8O2. The number of carboxylic acids is 1. The topological polar surface area (TPSA) is 141 Å². The maximum Gasteiger partial charge on any atom is 0.490 e. The average molecular weight is 457 g/mol. The van der Waals surface area contributed by atoms with Crippen molar-refractivity contribution in [2.75, 3.05) is 23.7 Å². The number of alkyl halides is 3. The Morgan fingerprint density at radius 1 is 1.29 bits per heavy atom. The third-order valence-corrected chi connectivity index (χ3v) is 3.70. The number of aromatic nitrogens is 5. The maximum absolute atomic E-state index is 10.6. The summed E-state index contributed by atoms with van der Waals surface area (Å²) in [7, 11) is 0. The second-order valence-electron chi connectivity index (χ2n) is 5.75. The van der Waals surface area contributed by atoms with Crippen LogP contribution in [0, 0.1) is 11.3 Å². The number of carbonyl (C=O) groups is 1. The number of hydrogen-bond acceptors (Lipinski definition) is 8. The first-order valence-electron chi connectivity index (χ1n) is 8.70. The largest absolute Gasteiger partial charge is 0.490 e. The predicted molar refractivity (Wildman–Crippen MR) is 105 cm³/mol. The van der Waals surface area contributed by atoms with Crippen LogP contribution in [0.2, 0.25) is 5.15 Å². The fourth-order valence-electron chi connectivity index (χ4n) is 2.10. The minimum atomic E-state index is -5.08. The molecule has 0 saturated heterocycles. The van der Waals surface area contributed by atoms with Crippen molar-refractivity contribution in [3.63, 3.8) is 0 Å². The molecule has 164 valence electrons. The number of hydrogen-bond donors (Lipinski definition) is 3. The van der Waals surface area contributed by atoms with Gasteiger partial charge in [0.2, 0.25) is 5.95 Å². The Balaban J connectivity index is 0.000000423. The molecule has 0 aliphatic heterocycles. The van der Waals surface area contributed by atoms with Gasteiger partial charge in [0.1, 0.15) is 17.0 Å². The molecule has 3 heterocycles. The van der Waals surface area contributed by atoms with E-state index in [2.05, 4.69) is 30.7 Å². The van der Waals surface area contributed by atoms with E-state index in [0.29, 0.717) is 41.2 Å². The van der Waals surface area contributed by atoms with Crippen molar-refractivity contribution in [2.45, 2.75) is 19.5 Å². The molecule has 0 fully saturated rings. The first-order chi connectivity index (χ1) is 14.6. The van der Waals surface area contributed by atoms with Crippen LogP contribution >= 0.6 is 11.6 Å². The zero-order chi connectivity index (χ0) is 23.0. The second kappa shape index (κ2) is 10.4. The summed E-state index contributed by atoms with van der Waals surface area (Å²) in [5.41, 5.74) is 1.19. The average Bonchev–Trinajstić information content (AvgIpc) is 3.14. The van der Waals surface area contributed by atoms with Crippen molar-refractivity contribution < 1.29 is 23.1 Å². The first-order valence-corrected chi connectivity index (χ1v) is 9.08. The fourth-order valence-corrected chi connectivity index (χ4v) is 2.28. The first kappa shape index (κ1) is 23.6. The van der Waals surface area contributed by atoms with Gasteiger partial charge in [0.15, 0.2) is 11.5 Å². The summed E-state index contributed by atoms with van der Waals surface area (Å²) in [5, 5.41) is 27.0. The van der Waals surface area contributed by atoms with E-state index in [0.717, 1.165) is 12.2 Å². The molecule has 0 saturated carbocycles. The monoisotopic (exact) mass is 456 g/mol. The Kier molecular flexibility index (Phi) is 7.92. The van der Waals surface area contributed by atoms with E-state index in [4.69, 9.17) is 26.8 Å².